The molecule has 1 unspecified atom stereocenters. The Morgan fingerprint density at radius 1 is 1.11 bits per heavy atom. The number of aliphatic hydroxyl groups excluding tert-OH is 1. The molecule has 156 valence electrons. The van der Waals surface area contributed by atoms with E-state index in [9.17, 15) is 9.59 Å². The molecule has 0 aromatic rings. The number of esters is 1. The molecular weight excluding hydrogens is 356 g/mol. The molecule has 7 atom stereocenters. The second kappa shape index (κ2) is 6.94. The molecule has 0 amide bonds. The largest absolute Gasteiger partial charge is 0.458 e. The van der Waals surface area contributed by atoms with Crippen molar-refractivity contribution < 1.29 is 24.5 Å². The van der Waals surface area contributed by atoms with Crippen molar-refractivity contribution in [3.8, 4) is 0 Å². The highest BCUT2D eigenvalue weighted by atomic mass is 16.6. The van der Waals surface area contributed by atoms with Crippen molar-refractivity contribution in [1.82, 2.24) is 0 Å². The second-order valence-corrected chi connectivity index (χ2v) is 10.2. The fourth-order valence-electron chi connectivity index (χ4n) is 7.62. The van der Waals surface area contributed by atoms with Gasteiger partial charge in [0.25, 0.3) is 6.29 Å². The lowest BCUT2D eigenvalue weighted by Crippen LogP contribution is -2.51. The van der Waals surface area contributed by atoms with Crippen molar-refractivity contribution in [1.29, 1.82) is 0 Å². The van der Waals surface area contributed by atoms with Gasteiger partial charge < -0.3 is 14.9 Å². The van der Waals surface area contributed by atoms with Crippen LogP contribution in [0.25, 0.3) is 0 Å². The third-order valence-electron chi connectivity index (χ3n) is 9.04. The third-order valence-corrected chi connectivity index (χ3v) is 9.04. The summed E-state index contributed by atoms with van der Waals surface area (Å²) in [6, 6.07) is 0. The van der Waals surface area contributed by atoms with Crippen molar-refractivity contribution in [2.45, 2.75) is 84.5 Å². The highest BCUT2D eigenvalue weighted by Crippen LogP contribution is 2.66. The van der Waals surface area contributed by atoms with Crippen LogP contribution in [-0.2, 0) is 14.3 Å². The Labute approximate surface area is 167 Å². The highest BCUT2D eigenvalue weighted by molar-refractivity contribution is 5.79. The summed E-state index contributed by atoms with van der Waals surface area (Å²) < 4.78 is 5.29. The van der Waals surface area contributed by atoms with E-state index in [2.05, 4.69) is 19.9 Å². The Bertz CT molecular complexity index is 697. The van der Waals surface area contributed by atoms with Gasteiger partial charge in [-0.25, -0.2) is 4.79 Å². The van der Waals surface area contributed by atoms with Crippen LogP contribution < -0.4 is 0 Å². The Kier molecular flexibility index (Phi) is 4.98. The summed E-state index contributed by atoms with van der Waals surface area (Å²) >= 11 is 0. The van der Waals surface area contributed by atoms with Gasteiger partial charge in [-0.15, -0.1) is 0 Å². The molecular formula is C23H34O5. The minimum absolute atomic E-state index is 0.138. The lowest BCUT2D eigenvalue weighted by atomic mass is 9.47. The number of aliphatic hydroxyl groups is 2. The Balaban J connectivity index is 1.54. The topological polar surface area (TPSA) is 83.8 Å². The van der Waals surface area contributed by atoms with E-state index in [1.54, 1.807) is 6.92 Å². The van der Waals surface area contributed by atoms with E-state index in [-0.39, 0.29) is 22.9 Å². The van der Waals surface area contributed by atoms with Crippen LogP contribution in [0.1, 0.15) is 72.1 Å². The smallest absolute Gasteiger partial charge is 0.363 e. The van der Waals surface area contributed by atoms with E-state index < -0.39 is 12.3 Å². The van der Waals surface area contributed by atoms with Gasteiger partial charge >= 0.3 is 5.97 Å². The lowest BCUT2D eigenvalue weighted by molar-refractivity contribution is -0.180. The van der Waals surface area contributed by atoms with Gasteiger partial charge in [-0.1, -0.05) is 25.5 Å². The molecule has 5 heteroatoms. The minimum Gasteiger partial charge on any atom is -0.458 e. The zero-order valence-electron chi connectivity index (χ0n) is 17.3. The standard InChI is InChI=1S/C23H34O5/c1-13(24)17-6-7-18-16-5-4-14-12-15(28-21(27)20(25)26)8-10-22(14,2)19(16)9-11-23(17,18)3/h4,15-20,25-26H,5-12H2,1-3H3/t15?,16-,17+,18-,19-,22-,23+/m0/s1. The van der Waals surface area contributed by atoms with Crippen LogP contribution >= 0.6 is 0 Å². The SMILES string of the molecule is CC(=O)[C@H]1CC[C@H]2[C@@H]3CC=C4CC(OC(=O)C(O)O)CC[C@]4(C)[C@H]3CC[C@]12C. The molecule has 0 radical (unpaired) electrons. The van der Waals surface area contributed by atoms with Crippen molar-refractivity contribution in [2.24, 2.45) is 34.5 Å². The molecule has 0 saturated heterocycles. The molecule has 0 spiro atoms. The number of fused-ring (bicyclic) bond motifs is 5. The average molecular weight is 391 g/mol. The molecule has 0 aliphatic heterocycles. The molecule has 3 fully saturated rings. The van der Waals surface area contributed by atoms with Crippen molar-refractivity contribution in [3.05, 3.63) is 11.6 Å². The van der Waals surface area contributed by atoms with Crippen LogP contribution in [-0.4, -0.2) is 34.4 Å². The lowest BCUT2D eigenvalue weighted by Gasteiger charge is -2.58. The maximum absolute atomic E-state index is 12.2. The van der Waals surface area contributed by atoms with Crippen molar-refractivity contribution in [3.63, 3.8) is 0 Å². The van der Waals surface area contributed by atoms with Gasteiger partial charge in [0, 0.05) is 12.3 Å². The number of hydrogen-bond donors (Lipinski definition) is 2. The molecule has 28 heavy (non-hydrogen) atoms. The molecule has 0 heterocycles. The molecule has 4 aliphatic rings. The second-order valence-electron chi connectivity index (χ2n) is 10.2. The first-order valence-electron chi connectivity index (χ1n) is 10.9. The molecule has 4 aliphatic carbocycles. The van der Waals surface area contributed by atoms with Crippen LogP contribution in [0.5, 0.6) is 0 Å². The summed E-state index contributed by atoms with van der Waals surface area (Å²) in [7, 11) is 0. The predicted octanol–water partition coefficient (Wildman–Crippen LogP) is 3.38. The summed E-state index contributed by atoms with van der Waals surface area (Å²) in [4.78, 5) is 23.8. The van der Waals surface area contributed by atoms with Crippen LogP contribution in [0.2, 0.25) is 0 Å². The predicted molar refractivity (Wildman–Crippen MR) is 104 cm³/mol. The first-order chi connectivity index (χ1) is 13.2. The van der Waals surface area contributed by atoms with Gasteiger partial charge in [0.05, 0.1) is 0 Å². The summed E-state index contributed by atoms with van der Waals surface area (Å²) in [6.45, 7) is 6.52. The van der Waals surface area contributed by atoms with E-state index in [1.165, 1.54) is 18.4 Å². The molecule has 5 nitrogen and oxygen atoms in total. The van der Waals surface area contributed by atoms with Crippen LogP contribution in [0, 0.1) is 34.5 Å². The van der Waals surface area contributed by atoms with Gasteiger partial charge in [0.1, 0.15) is 11.9 Å². The summed E-state index contributed by atoms with van der Waals surface area (Å²) in [5.41, 5.74) is 1.69. The molecule has 0 bridgehead atoms. The maximum atomic E-state index is 12.2. The van der Waals surface area contributed by atoms with E-state index >= 15 is 0 Å². The number of allylic oxidation sites excluding steroid dienone is 1. The van der Waals surface area contributed by atoms with Gasteiger partial charge in [0.15, 0.2) is 0 Å². The maximum Gasteiger partial charge on any atom is 0.363 e. The number of ketones is 1. The molecule has 3 saturated carbocycles. The zero-order valence-corrected chi connectivity index (χ0v) is 17.3. The Morgan fingerprint density at radius 3 is 2.54 bits per heavy atom. The van der Waals surface area contributed by atoms with Crippen molar-refractivity contribution >= 4 is 11.8 Å². The van der Waals surface area contributed by atoms with E-state index in [0.717, 1.165) is 32.1 Å². The highest BCUT2D eigenvalue weighted by Gasteiger charge is 2.59. The monoisotopic (exact) mass is 390 g/mol. The first-order valence-corrected chi connectivity index (χ1v) is 10.9. The van der Waals surface area contributed by atoms with Gasteiger partial charge in [-0.05, 0) is 80.5 Å². The Hall–Kier alpha value is -1.20. The van der Waals surface area contributed by atoms with Gasteiger partial charge in [-0.3, -0.25) is 4.79 Å². The number of ether oxygens (including phenoxy) is 1. The normalized spacial score (nSPS) is 44.9. The number of Topliss-reactive ketones (excluding diaryl/α,β-unsaturated/α-hetero) is 1. The fraction of sp³-hybridized carbons (Fsp3) is 0.826. The third kappa shape index (κ3) is 2.97. The summed E-state index contributed by atoms with van der Waals surface area (Å²) in [6.07, 6.45) is 8.12. The Morgan fingerprint density at radius 2 is 1.86 bits per heavy atom. The van der Waals surface area contributed by atoms with E-state index in [1.807, 2.05) is 0 Å². The zero-order chi connectivity index (χ0) is 20.3. The minimum atomic E-state index is -2.05. The summed E-state index contributed by atoms with van der Waals surface area (Å²) in [5.74, 6) is 1.57. The number of carbonyl (C=O) groups is 2. The van der Waals surface area contributed by atoms with Crippen LogP contribution in [0.4, 0.5) is 0 Å². The van der Waals surface area contributed by atoms with Gasteiger partial charge in [-0.2, -0.15) is 0 Å². The van der Waals surface area contributed by atoms with Crippen molar-refractivity contribution in [2.75, 3.05) is 0 Å². The van der Waals surface area contributed by atoms with Gasteiger partial charge in [0.2, 0.25) is 0 Å². The fourth-order valence-corrected chi connectivity index (χ4v) is 7.62. The van der Waals surface area contributed by atoms with E-state index in [0.29, 0.717) is 30.0 Å². The summed E-state index contributed by atoms with van der Waals surface area (Å²) in [5, 5.41) is 18.0. The molecule has 0 aromatic heterocycles. The number of carbonyl (C=O) groups excluding carboxylic acids is 2. The average Bonchev–Trinajstić information content (AvgIpc) is 2.99. The first kappa shape index (κ1) is 20.1. The molecule has 4 rings (SSSR count). The van der Waals surface area contributed by atoms with Crippen LogP contribution in [0.3, 0.4) is 0 Å². The molecule has 2 N–H and O–H groups in total. The quantitative estimate of drug-likeness (QED) is 0.438. The number of hydrogen-bond acceptors (Lipinski definition) is 5. The number of rotatable bonds is 3. The van der Waals surface area contributed by atoms with E-state index in [4.69, 9.17) is 14.9 Å². The molecule has 0 aromatic carbocycles. The van der Waals surface area contributed by atoms with Crippen LogP contribution in [0.15, 0.2) is 11.6 Å².